The van der Waals surface area contributed by atoms with Crippen LogP contribution in [0.15, 0.2) is 6.33 Å². The van der Waals surface area contributed by atoms with E-state index in [2.05, 4.69) is 15.0 Å². The summed E-state index contributed by atoms with van der Waals surface area (Å²) in [6, 6.07) is 0. The molecule has 0 saturated carbocycles. The number of nitrogen functional groups attached to an aromatic ring is 1. The van der Waals surface area contributed by atoms with E-state index in [1.807, 2.05) is 11.3 Å². The number of alkyl halides is 1. The van der Waals surface area contributed by atoms with Crippen molar-refractivity contribution in [1.82, 2.24) is 19.5 Å². The van der Waals surface area contributed by atoms with Crippen LogP contribution in [0.5, 0.6) is 0 Å². The molecule has 5 N–H and O–H groups in total. The van der Waals surface area contributed by atoms with Crippen molar-refractivity contribution in [1.29, 1.82) is 0 Å². The molecule has 23 heavy (non-hydrogen) atoms. The number of nitrogens with two attached hydrogens (primary N) is 1. The number of hydrogen-bond donors (Lipinski definition) is 4. The lowest BCUT2D eigenvalue weighted by atomic mass is 9.97. The molecule has 122 valence electrons. The van der Waals surface area contributed by atoms with Crippen molar-refractivity contribution in [2.45, 2.75) is 24.1 Å². The summed E-state index contributed by atoms with van der Waals surface area (Å²) in [5, 5.41) is 21.5. The van der Waals surface area contributed by atoms with Crippen LogP contribution in [0, 0.1) is 15.9 Å². The molecule has 0 aliphatic carbocycles. The number of rotatable bonds is 2. The van der Waals surface area contributed by atoms with Crippen molar-refractivity contribution in [2.75, 3.05) is 12.3 Å². The fraction of sp³-hybridized carbons (Fsp3) is 0.417. The minimum atomic E-state index is -3.04. The van der Waals surface area contributed by atoms with Gasteiger partial charge >= 0.3 is 0 Å². The van der Waals surface area contributed by atoms with Crippen LogP contribution in [-0.4, -0.2) is 54.2 Å². The van der Waals surface area contributed by atoms with Crippen molar-refractivity contribution in [3.63, 3.8) is 0 Å². The number of aliphatic hydroxyl groups is 2. The quantitative estimate of drug-likeness (QED) is 0.446. The summed E-state index contributed by atoms with van der Waals surface area (Å²) in [5.41, 5.74) is 3.05. The predicted octanol–water partition coefficient (Wildman–Crippen LogP) is 0.230. The number of H-pyrrole nitrogens is 1. The van der Waals surface area contributed by atoms with Crippen LogP contribution in [0.25, 0.3) is 11.2 Å². The predicted molar refractivity (Wildman–Crippen MR) is 81.6 cm³/mol. The van der Waals surface area contributed by atoms with Crippen molar-refractivity contribution < 1.29 is 22.1 Å². The van der Waals surface area contributed by atoms with E-state index >= 15 is 4.39 Å². The lowest BCUT2D eigenvalue weighted by molar-refractivity contribution is -0.0504. The number of ether oxygens (including phenoxy) is 1. The van der Waals surface area contributed by atoms with Gasteiger partial charge in [-0.2, -0.15) is 0 Å². The van der Waals surface area contributed by atoms with Gasteiger partial charge in [-0.05, 0) is 17.5 Å². The van der Waals surface area contributed by atoms with Crippen LogP contribution < -0.4 is 5.73 Å². The smallest absolute Gasteiger partial charge is 0.244 e. The summed E-state index contributed by atoms with van der Waals surface area (Å²) >= 11 is 10.3. The minimum absolute atomic E-state index is 0.0467. The summed E-state index contributed by atoms with van der Waals surface area (Å²) in [5.74, 6) is 1.90. The summed E-state index contributed by atoms with van der Waals surface area (Å²) in [6.45, 7) is -3.04. The van der Waals surface area contributed by atoms with Gasteiger partial charge in [-0.15, -0.1) is 0 Å². The zero-order chi connectivity index (χ0) is 18.6. The third kappa shape index (κ3) is 2.37. The molecule has 1 fully saturated rings. The van der Waals surface area contributed by atoms with Gasteiger partial charge in [0.05, 0.1) is 15.6 Å². The minimum Gasteiger partial charge on any atom is -0.394 e. The molecule has 2 aromatic heterocycles. The summed E-state index contributed by atoms with van der Waals surface area (Å²) in [6.07, 6.45) is -4.63. The molecular formula is C12H11ClFN5O3S. The molecule has 0 bridgehead atoms. The second kappa shape index (κ2) is 5.70. The molecule has 11 heteroatoms. The number of nitrogens with zero attached hydrogens (tertiary/aromatic N) is 3. The number of aliphatic hydroxyl groups excluding tert-OH is 1. The molecule has 3 rings (SSSR count). The Morgan fingerprint density at radius 1 is 1.74 bits per heavy atom. The highest BCUT2D eigenvalue weighted by Gasteiger charge is 2.57. The topological polar surface area (TPSA) is 122 Å². The Kier molecular flexibility index (Phi) is 3.38. The highest BCUT2D eigenvalue weighted by molar-refractivity contribution is 7.71. The van der Waals surface area contributed by atoms with E-state index in [0.29, 0.717) is 0 Å². The first-order valence-electron chi connectivity index (χ1n) is 7.19. The average molecular weight is 362 g/mol. The van der Waals surface area contributed by atoms with Gasteiger partial charge < -0.3 is 25.7 Å². The zero-order valence-electron chi connectivity index (χ0n) is 13.2. The van der Waals surface area contributed by atoms with Crippen molar-refractivity contribution in [3.05, 3.63) is 11.0 Å². The van der Waals surface area contributed by atoms with Gasteiger partial charge in [-0.3, -0.25) is 4.57 Å². The Balaban J connectivity index is 2.21. The van der Waals surface area contributed by atoms with E-state index in [-0.39, 0.29) is 21.8 Å². The van der Waals surface area contributed by atoms with Crippen LogP contribution in [0.1, 0.15) is 8.97 Å². The second-order valence-corrected chi connectivity index (χ2v) is 5.32. The Morgan fingerprint density at radius 2 is 2.48 bits per heavy atom. The summed E-state index contributed by atoms with van der Waals surface area (Å²) < 4.78 is 36.4. The zero-order valence-corrected chi connectivity index (χ0v) is 12.8. The highest BCUT2D eigenvalue weighted by Crippen LogP contribution is 2.42. The first kappa shape index (κ1) is 13.6. The fourth-order valence-corrected chi connectivity index (χ4v) is 2.78. The first-order chi connectivity index (χ1) is 11.6. The molecule has 3 heterocycles. The number of nitrogens with one attached hydrogen (secondary N) is 1. The van der Waals surface area contributed by atoms with Crippen LogP contribution in [0.2, 0.25) is 0 Å². The van der Waals surface area contributed by atoms with Crippen LogP contribution in [-0.2, 0) is 4.74 Å². The number of fused-ring (bicyclic) bond motifs is 1. The molecule has 0 amide bonds. The lowest BCUT2D eigenvalue weighted by Gasteiger charge is -2.23. The third-order valence-corrected chi connectivity index (χ3v) is 3.81. The highest BCUT2D eigenvalue weighted by atomic mass is 35.5. The molecular weight excluding hydrogens is 349 g/mol. The molecule has 4 atom stereocenters. The van der Waals surface area contributed by atoms with Gasteiger partial charge in [-0.25, -0.2) is 14.4 Å². The van der Waals surface area contributed by atoms with Crippen molar-refractivity contribution >= 4 is 40.9 Å². The van der Waals surface area contributed by atoms with E-state index in [9.17, 15) is 10.2 Å². The Bertz CT molecular complexity index is 954. The number of aromatic amines is 1. The van der Waals surface area contributed by atoms with Crippen molar-refractivity contribution in [2.24, 2.45) is 0 Å². The van der Waals surface area contributed by atoms with Gasteiger partial charge in [0.2, 0.25) is 5.67 Å². The molecule has 1 saturated heterocycles. The van der Waals surface area contributed by atoms with Gasteiger partial charge in [0, 0.05) is 5.38 Å². The number of halogens is 2. The monoisotopic (exact) mass is 361 g/mol. The normalized spacial score (nSPS) is 32.3. The van der Waals surface area contributed by atoms with Gasteiger partial charge in [0.15, 0.2) is 16.8 Å². The van der Waals surface area contributed by atoms with Crippen LogP contribution in [0.3, 0.4) is 0 Å². The third-order valence-electron chi connectivity index (χ3n) is 3.44. The summed E-state index contributed by atoms with van der Waals surface area (Å²) in [4.78, 5) is 10.4. The van der Waals surface area contributed by atoms with Crippen LogP contribution in [0.4, 0.5) is 10.3 Å². The van der Waals surface area contributed by atoms with E-state index in [1.54, 1.807) is 0 Å². The van der Waals surface area contributed by atoms with E-state index < -0.39 is 30.7 Å². The molecule has 1 aliphatic rings. The largest absolute Gasteiger partial charge is 0.394 e. The molecule has 0 spiro atoms. The van der Waals surface area contributed by atoms with E-state index in [4.69, 9.17) is 37.0 Å². The molecule has 0 aromatic carbocycles. The lowest BCUT2D eigenvalue weighted by Crippen LogP contribution is -2.42. The van der Waals surface area contributed by atoms with Gasteiger partial charge in [0.1, 0.15) is 23.4 Å². The number of anilines is 1. The number of hydrogen-bond acceptors (Lipinski definition) is 7. The number of imidazole rings is 1. The maximum atomic E-state index is 15.4. The van der Waals surface area contributed by atoms with E-state index in [1.165, 1.54) is 0 Å². The molecule has 1 unspecified atom stereocenters. The second-order valence-electron chi connectivity index (χ2n) is 4.75. The fourth-order valence-electron chi connectivity index (χ4n) is 2.39. The Labute approximate surface area is 141 Å². The summed E-state index contributed by atoms with van der Waals surface area (Å²) in [7, 11) is 0. The van der Waals surface area contributed by atoms with Crippen molar-refractivity contribution in [3.8, 4) is 11.3 Å². The molecule has 2 aromatic rings. The maximum absolute atomic E-state index is 15.4. The molecule has 1 aliphatic heterocycles. The Hall–Kier alpha value is -1.77. The standard InChI is InChI=1S/C12H11ClFN5O3S/c13-2-1-12(14)7(21)5(3-20)22-10(12)19-4-16-6-8(19)17-11(15)18-9(6)23/h4-5,7,10,20-21H,3H2,(H3,15,17,18,23)/t5-,7+,10-,12?/m1/s1/i3D2. The molecule has 8 nitrogen and oxygen atoms in total. The van der Waals surface area contributed by atoms with Gasteiger partial charge in [0.25, 0.3) is 0 Å². The Morgan fingerprint density at radius 3 is 3.13 bits per heavy atom. The average Bonchev–Trinajstić information content (AvgIpc) is 3.00. The maximum Gasteiger partial charge on any atom is 0.244 e. The van der Waals surface area contributed by atoms with E-state index in [0.717, 1.165) is 10.9 Å². The number of aromatic nitrogens is 4. The molecule has 0 radical (unpaired) electrons. The van der Waals surface area contributed by atoms with Gasteiger partial charge in [-0.1, -0.05) is 12.2 Å². The first-order valence-corrected chi connectivity index (χ1v) is 6.98. The SMILES string of the molecule is [2H]C([2H])(O)[C@H]1O[C@@H](n2cnc3c(=S)nc(N)[nH]c32)C(F)(C#CCl)[C@H]1O. The van der Waals surface area contributed by atoms with Crippen LogP contribution >= 0.6 is 23.8 Å².